The summed E-state index contributed by atoms with van der Waals surface area (Å²) in [7, 11) is -3.28. The molecule has 1 aromatic carbocycles. The molecule has 0 saturated carbocycles. The van der Waals surface area contributed by atoms with Crippen molar-refractivity contribution < 1.29 is 8.42 Å². The third-order valence-electron chi connectivity index (χ3n) is 4.70. The molecule has 0 radical (unpaired) electrons. The van der Waals surface area contributed by atoms with Crippen LogP contribution in [0.5, 0.6) is 0 Å². The number of nitrogens with two attached hydrogens (primary N) is 1. The van der Waals surface area contributed by atoms with Crippen molar-refractivity contribution in [1.29, 1.82) is 0 Å². The third kappa shape index (κ3) is 4.45. The lowest BCUT2D eigenvalue weighted by atomic mass is 10.0. The second-order valence-electron chi connectivity index (χ2n) is 6.96. The Kier molecular flexibility index (Phi) is 5.75. The zero-order valence-electron chi connectivity index (χ0n) is 15.7. The van der Waals surface area contributed by atoms with Crippen LogP contribution in [0.4, 0.5) is 5.82 Å². The minimum absolute atomic E-state index is 0.320. The smallest absolute Gasteiger partial charge is 0.180 e. The van der Waals surface area contributed by atoms with E-state index < -0.39 is 15.1 Å². The summed E-state index contributed by atoms with van der Waals surface area (Å²) < 4.78 is 24.5. The Hall–Kier alpha value is -2.47. The van der Waals surface area contributed by atoms with Gasteiger partial charge in [-0.15, -0.1) is 0 Å². The Bertz CT molecular complexity index is 975. The van der Waals surface area contributed by atoms with Crippen molar-refractivity contribution in [2.75, 3.05) is 5.73 Å². The highest BCUT2D eigenvalue weighted by molar-refractivity contribution is 7.92. The van der Waals surface area contributed by atoms with Gasteiger partial charge in [0, 0.05) is 5.56 Å². The molecule has 3 rings (SSSR count). The third-order valence-corrected chi connectivity index (χ3v) is 6.87. The number of aryl methyl sites for hydroxylation is 1. The Morgan fingerprint density at radius 3 is 2.48 bits per heavy atom. The summed E-state index contributed by atoms with van der Waals surface area (Å²) in [6.45, 7) is 3.36. The summed E-state index contributed by atoms with van der Waals surface area (Å²) in [5, 5.41) is -0.450. The molecule has 0 unspecified atom stereocenters. The summed E-state index contributed by atoms with van der Waals surface area (Å²) in [4.78, 5) is 9.26. The van der Waals surface area contributed by atoms with Crippen molar-refractivity contribution in [3.8, 4) is 11.3 Å². The van der Waals surface area contributed by atoms with Gasteiger partial charge in [-0.3, -0.25) is 0 Å². The average Bonchev–Trinajstić information content (AvgIpc) is 2.68. The zero-order valence-corrected chi connectivity index (χ0v) is 16.5. The van der Waals surface area contributed by atoms with Crippen LogP contribution in [-0.4, -0.2) is 23.6 Å². The molecule has 0 spiro atoms. The molecule has 0 aliphatic heterocycles. The number of sulfone groups is 1. The Morgan fingerprint density at radius 2 is 1.85 bits per heavy atom. The van der Waals surface area contributed by atoms with Crippen molar-refractivity contribution in [2.45, 2.75) is 49.7 Å². The maximum Gasteiger partial charge on any atom is 0.180 e. The van der Waals surface area contributed by atoms with Crippen molar-refractivity contribution in [2.24, 2.45) is 0 Å². The lowest BCUT2D eigenvalue weighted by Crippen LogP contribution is -2.13. The van der Waals surface area contributed by atoms with Crippen LogP contribution in [-0.2, 0) is 16.3 Å². The van der Waals surface area contributed by atoms with Gasteiger partial charge in [0.2, 0.25) is 0 Å². The molecule has 0 bridgehead atoms. The summed E-state index contributed by atoms with van der Waals surface area (Å²) >= 11 is 0. The largest absolute Gasteiger partial charge is 0.382 e. The molecule has 6 heteroatoms. The normalized spacial score (nSPS) is 14.4. The maximum atomic E-state index is 12.3. The molecule has 0 fully saturated rings. The molecule has 1 aromatic heterocycles. The van der Waals surface area contributed by atoms with Gasteiger partial charge in [0.1, 0.15) is 5.82 Å². The van der Waals surface area contributed by atoms with Crippen LogP contribution in [0.3, 0.4) is 0 Å². The van der Waals surface area contributed by atoms with Crippen LogP contribution in [0.25, 0.3) is 11.3 Å². The van der Waals surface area contributed by atoms with Crippen LogP contribution in [0, 0.1) is 0 Å². The van der Waals surface area contributed by atoms with E-state index in [1.165, 1.54) is 5.57 Å². The minimum Gasteiger partial charge on any atom is -0.382 e. The number of hydrogen-bond donors (Lipinski definition) is 1. The van der Waals surface area contributed by atoms with Gasteiger partial charge in [0.15, 0.2) is 9.84 Å². The van der Waals surface area contributed by atoms with Gasteiger partial charge >= 0.3 is 0 Å². The first-order valence-electron chi connectivity index (χ1n) is 9.19. The van der Waals surface area contributed by atoms with E-state index in [0.717, 1.165) is 36.9 Å². The predicted molar refractivity (Wildman–Crippen MR) is 109 cm³/mol. The Balaban J connectivity index is 1.81. The molecule has 0 atom stereocenters. The molecule has 1 heterocycles. The highest BCUT2D eigenvalue weighted by atomic mass is 32.2. The van der Waals surface area contributed by atoms with Gasteiger partial charge < -0.3 is 5.73 Å². The van der Waals surface area contributed by atoms with Crippen molar-refractivity contribution in [3.63, 3.8) is 0 Å². The molecule has 0 amide bonds. The second-order valence-corrected chi connectivity index (χ2v) is 9.47. The quantitative estimate of drug-likeness (QED) is 0.811. The van der Waals surface area contributed by atoms with E-state index in [-0.39, 0.29) is 0 Å². The molecule has 27 heavy (non-hydrogen) atoms. The number of allylic oxidation sites excluding steroid dienone is 4. The van der Waals surface area contributed by atoms with Gasteiger partial charge in [-0.25, -0.2) is 18.4 Å². The fourth-order valence-corrected chi connectivity index (χ4v) is 4.02. The molecule has 0 saturated heterocycles. The van der Waals surface area contributed by atoms with E-state index in [1.54, 1.807) is 44.3 Å². The van der Waals surface area contributed by atoms with E-state index in [9.17, 15) is 8.42 Å². The topological polar surface area (TPSA) is 85.9 Å². The maximum absolute atomic E-state index is 12.3. The Morgan fingerprint density at radius 1 is 1.11 bits per heavy atom. The molecule has 1 aliphatic carbocycles. The monoisotopic (exact) mass is 383 g/mol. The number of hydrogen-bond acceptors (Lipinski definition) is 5. The van der Waals surface area contributed by atoms with Gasteiger partial charge in [-0.05, 0) is 51.7 Å². The summed E-state index contributed by atoms with van der Waals surface area (Å²) in [6, 6.07) is 6.79. The Labute approximate surface area is 161 Å². The highest BCUT2D eigenvalue weighted by Crippen LogP contribution is 2.24. The molecule has 1 aliphatic rings. The van der Waals surface area contributed by atoms with Crippen LogP contribution in [0.2, 0.25) is 0 Å². The number of nitrogens with zero attached hydrogens (tertiary/aromatic N) is 2. The number of aromatic nitrogens is 2. The lowest BCUT2D eigenvalue weighted by Gasteiger charge is -2.11. The number of anilines is 1. The first-order valence-corrected chi connectivity index (χ1v) is 10.7. The second kappa shape index (κ2) is 8.05. The van der Waals surface area contributed by atoms with Crippen LogP contribution in [0.1, 0.15) is 38.8 Å². The number of rotatable bonds is 6. The molecule has 2 N–H and O–H groups in total. The van der Waals surface area contributed by atoms with Crippen molar-refractivity contribution >= 4 is 15.7 Å². The zero-order chi connectivity index (χ0) is 19.4. The number of nitrogen functional groups attached to an aromatic ring is 1. The summed E-state index contributed by atoms with van der Waals surface area (Å²) in [5.74, 6) is 0.443. The van der Waals surface area contributed by atoms with E-state index in [0.29, 0.717) is 16.4 Å². The molecule has 5 nitrogen and oxygen atoms in total. The molecule has 142 valence electrons. The van der Waals surface area contributed by atoms with E-state index >= 15 is 0 Å². The summed E-state index contributed by atoms with van der Waals surface area (Å²) in [6.07, 6.45) is 12.0. The van der Waals surface area contributed by atoms with Crippen LogP contribution < -0.4 is 5.73 Å². The van der Waals surface area contributed by atoms with Crippen LogP contribution in [0.15, 0.2) is 59.2 Å². The fraction of sp³-hybridized carbons (Fsp3) is 0.333. The first-order chi connectivity index (χ1) is 12.9. The van der Waals surface area contributed by atoms with Gasteiger partial charge in [-0.1, -0.05) is 35.9 Å². The average molecular weight is 384 g/mol. The SMILES string of the molecule is CC(C)S(=O)(=O)c1ccc(-c2cnc(N)c(CCC3=CCCC=C3)n2)cc1. The first kappa shape index (κ1) is 19.3. The molecular weight excluding hydrogens is 358 g/mol. The van der Waals surface area contributed by atoms with E-state index in [2.05, 4.69) is 28.2 Å². The minimum atomic E-state index is -3.28. The standard InChI is InChI=1S/C21H25N3O2S/c1-15(2)27(25,26)18-11-9-17(10-12-18)20-14-23-21(22)19(24-20)13-8-16-6-4-3-5-7-16/h4,6-7,9-12,14-15H,3,5,8,13H2,1-2H3,(H2,22,23). The highest BCUT2D eigenvalue weighted by Gasteiger charge is 2.19. The van der Waals surface area contributed by atoms with E-state index in [1.807, 2.05) is 0 Å². The van der Waals surface area contributed by atoms with Gasteiger partial charge in [0.05, 0.1) is 27.7 Å². The molecular formula is C21H25N3O2S. The van der Waals surface area contributed by atoms with Crippen LogP contribution >= 0.6 is 0 Å². The fourth-order valence-electron chi connectivity index (χ4n) is 2.96. The lowest BCUT2D eigenvalue weighted by molar-refractivity contribution is 0.587. The summed E-state index contributed by atoms with van der Waals surface area (Å²) in [5.41, 5.74) is 9.60. The van der Waals surface area contributed by atoms with Gasteiger partial charge in [0.25, 0.3) is 0 Å². The predicted octanol–water partition coefficient (Wildman–Crippen LogP) is 4.12. The van der Waals surface area contributed by atoms with E-state index in [4.69, 9.17) is 5.73 Å². The van der Waals surface area contributed by atoms with Crippen molar-refractivity contribution in [1.82, 2.24) is 9.97 Å². The molecule has 2 aromatic rings. The van der Waals surface area contributed by atoms with Gasteiger partial charge in [-0.2, -0.15) is 0 Å². The van der Waals surface area contributed by atoms with Crippen molar-refractivity contribution in [3.05, 3.63) is 60.0 Å². The number of benzene rings is 1.